The Kier molecular flexibility index (Phi) is 3.99. The smallest absolute Gasteiger partial charge is 0.305 e. The molecule has 0 aromatic heterocycles. The van der Waals surface area contributed by atoms with E-state index in [4.69, 9.17) is 0 Å². The molecule has 0 aromatic rings. The third kappa shape index (κ3) is 3.41. The molecule has 0 saturated carbocycles. The standard InChI is InChI=1S/C7H12N4O2S/c1-7(8-10-11-9-7)14-5-3-4-6(12)13-2/h3-5H2,1-2H3. The van der Waals surface area contributed by atoms with E-state index in [9.17, 15) is 4.79 Å². The van der Waals surface area contributed by atoms with Crippen molar-refractivity contribution in [2.75, 3.05) is 12.9 Å². The van der Waals surface area contributed by atoms with Crippen LogP contribution < -0.4 is 0 Å². The summed E-state index contributed by atoms with van der Waals surface area (Å²) in [6.07, 6.45) is 1.17. The highest BCUT2D eigenvalue weighted by Crippen LogP contribution is 2.32. The molecule has 0 atom stereocenters. The van der Waals surface area contributed by atoms with Crippen molar-refractivity contribution in [2.24, 2.45) is 20.7 Å². The summed E-state index contributed by atoms with van der Waals surface area (Å²) in [5.41, 5.74) is 0. The molecule has 0 amide bonds. The van der Waals surface area contributed by atoms with Crippen LogP contribution in [0, 0.1) is 0 Å². The quantitative estimate of drug-likeness (QED) is 0.522. The van der Waals surface area contributed by atoms with Crippen LogP contribution in [0.25, 0.3) is 0 Å². The highest BCUT2D eigenvalue weighted by atomic mass is 32.2. The first-order valence-electron chi connectivity index (χ1n) is 4.21. The fourth-order valence-electron chi connectivity index (χ4n) is 0.868. The molecule has 0 unspecified atom stereocenters. The average Bonchev–Trinajstić information content (AvgIpc) is 2.60. The third-order valence-electron chi connectivity index (χ3n) is 1.63. The Hall–Kier alpha value is -0.980. The molecule has 1 aliphatic rings. The molecule has 7 heteroatoms. The Morgan fingerprint density at radius 3 is 2.64 bits per heavy atom. The van der Waals surface area contributed by atoms with Crippen molar-refractivity contribution in [3.8, 4) is 0 Å². The van der Waals surface area contributed by atoms with Gasteiger partial charge in [0.05, 0.1) is 7.11 Å². The number of methoxy groups -OCH3 is 1. The van der Waals surface area contributed by atoms with Gasteiger partial charge in [-0.15, -0.1) is 22.0 Å². The van der Waals surface area contributed by atoms with Crippen molar-refractivity contribution in [3.05, 3.63) is 0 Å². The number of hydrogen-bond acceptors (Lipinski definition) is 7. The van der Waals surface area contributed by atoms with Gasteiger partial charge in [0.15, 0.2) is 0 Å². The zero-order valence-electron chi connectivity index (χ0n) is 8.13. The number of ether oxygens (including phenoxy) is 1. The van der Waals surface area contributed by atoms with E-state index in [1.54, 1.807) is 0 Å². The molecule has 0 N–H and O–H groups in total. The molecule has 0 bridgehead atoms. The molecule has 6 nitrogen and oxygen atoms in total. The number of hydrogen-bond donors (Lipinski definition) is 0. The number of nitrogens with zero attached hydrogens (tertiary/aromatic N) is 4. The lowest BCUT2D eigenvalue weighted by Crippen LogP contribution is -2.11. The van der Waals surface area contributed by atoms with E-state index in [2.05, 4.69) is 25.4 Å². The first kappa shape index (κ1) is 11.1. The van der Waals surface area contributed by atoms with E-state index in [0.717, 1.165) is 12.2 Å². The molecular formula is C7H12N4O2S. The maximum Gasteiger partial charge on any atom is 0.305 e. The molecule has 14 heavy (non-hydrogen) atoms. The molecule has 0 radical (unpaired) electrons. The van der Waals surface area contributed by atoms with Gasteiger partial charge in [0.2, 0.25) is 4.99 Å². The minimum absolute atomic E-state index is 0.189. The third-order valence-corrected chi connectivity index (χ3v) is 2.83. The van der Waals surface area contributed by atoms with E-state index in [-0.39, 0.29) is 5.97 Å². The second kappa shape index (κ2) is 5.04. The van der Waals surface area contributed by atoms with Gasteiger partial charge in [-0.3, -0.25) is 4.79 Å². The summed E-state index contributed by atoms with van der Waals surface area (Å²) < 4.78 is 4.52. The summed E-state index contributed by atoms with van der Waals surface area (Å²) in [5, 5.41) is 14.6. The molecule has 1 heterocycles. The van der Waals surface area contributed by atoms with E-state index < -0.39 is 4.99 Å². The summed E-state index contributed by atoms with van der Waals surface area (Å²) in [6, 6.07) is 0. The lowest BCUT2D eigenvalue weighted by molar-refractivity contribution is -0.140. The average molecular weight is 216 g/mol. The summed E-state index contributed by atoms with van der Waals surface area (Å²) in [7, 11) is 1.39. The van der Waals surface area contributed by atoms with E-state index in [1.807, 2.05) is 6.92 Å². The summed E-state index contributed by atoms with van der Waals surface area (Å²) >= 11 is 1.51. The molecule has 0 aromatic carbocycles. The Morgan fingerprint density at radius 1 is 1.43 bits per heavy atom. The van der Waals surface area contributed by atoms with Crippen LogP contribution in [-0.4, -0.2) is 23.8 Å². The molecule has 0 fully saturated rings. The molecule has 1 rings (SSSR count). The first-order valence-corrected chi connectivity index (χ1v) is 5.20. The van der Waals surface area contributed by atoms with Gasteiger partial charge in [0.1, 0.15) is 0 Å². The predicted molar refractivity (Wildman–Crippen MR) is 51.8 cm³/mol. The number of esters is 1. The maximum atomic E-state index is 10.8. The Labute approximate surface area is 86.2 Å². The molecule has 0 aliphatic carbocycles. The highest BCUT2D eigenvalue weighted by molar-refractivity contribution is 8.00. The van der Waals surface area contributed by atoms with E-state index in [1.165, 1.54) is 18.9 Å². The van der Waals surface area contributed by atoms with Crippen LogP contribution in [0.4, 0.5) is 0 Å². The van der Waals surface area contributed by atoms with Gasteiger partial charge in [-0.2, -0.15) is 0 Å². The molecule has 0 spiro atoms. The number of carbonyl (C=O) groups is 1. The fourth-order valence-corrected chi connectivity index (χ4v) is 1.73. The zero-order chi connectivity index (χ0) is 10.4. The second-order valence-electron chi connectivity index (χ2n) is 2.84. The largest absolute Gasteiger partial charge is 0.469 e. The predicted octanol–water partition coefficient (Wildman–Crippen LogP) is 2.18. The minimum Gasteiger partial charge on any atom is -0.469 e. The molecular weight excluding hydrogens is 204 g/mol. The second-order valence-corrected chi connectivity index (χ2v) is 4.31. The van der Waals surface area contributed by atoms with Crippen LogP contribution >= 0.6 is 11.8 Å². The van der Waals surface area contributed by atoms with Crippen molar-refractivity contribution < 1.29 is 9.53 Å². The van der Waals surface area contributed by atoms with E-state index in [0.29, 0.717) is 6.42 Å². The fraction of sp³-hybridized carbons (Fsp3) is 0.857. The number of thioether (sulfide) groups is 1. The van der Waals surface area contributed by atoms with Crippen molar-refractivity contribution in [1.82, 2.24) is 0 Å². The van der Waals surface area contributed by atoms with Crippen LogP contribution in [-0.2, 0) is 9.53 Å². The van der Waals surface area contributed by atoms with Crippen molar-refractivity contribution in [2.45, 2.75) is 24.8 Å². The monoisotopic (exact) mass is 216 g/mol. The number of rotatable bonds is 5. The number of carbonyl (C=O) groups excluding carboxylic acids is 1. The van der Waals surface area contributed by atoms with Crippen molar-refractivity contribution in [1.29, 1.82) is 0 Å². The van der Waals surface area contributed by atoms with Crippen LogP contribution in [0.15, 0.2) is 20.7 Å². The molecule has 0 saturated heterocycles. The van der Waals surface area contributed by atoms with Gasteiger partial charge >= 0.3 is 5.97 Å². The van der Waals surface area contributed by atoms with Crippen LogP contribution in [0.2, 0.25) is 0 Å². The lowest BCUT2D eigenvalue weighted by atomic mass is 10.3. The van der Waals surface area contributed by atoms with E-state index >= 15 is 0 Å². The summed E-state index contributed by atoms with van der Waals surface area (Å²) in [4.78, 5) is 10.2. The van der Waals surface area contributed by atoms with Crippen molar-refractivity contribution >= 4 is 17.7 Å². The van der Waals surface area contributed by atoms with Gasteiger partial charge in [0, 0.05) is 6.42 Å². The maximum absolute atomic E-state index is 10.8. The highest BCUT2D eigenvalue weighted by Gasteiger charge is 2.26. The van der Waals surface area contributed by atoms with Gasteiger partial charge in [-0.05, 0) is 29.5 Å². The normalized spacial score (nSPS) is 17.3. The van der Waals surface area contributed by atoms with Gasteiger partial charge < -0.3 is 4.74 Å². The van der Waals surface area contributed by atoms with Gasteiger partial charge in [0.25, 0.3) is 0 Å². The molecule has 78 valence electrons. The lowest BCUT2D eigenvalue weighted by Gasteiger charge is -2.11. The van der Waals surface area contributed by atoms with Crippen LogP contribution in [0.3, 0.4) is 0 Å². The topological polar surface area (TPSA) is 75.7 Å². The van der Waals surface area contributed by atoms with Crippen molar-refractivity contribution in [3.63, 3.8) is 0 Å². The minimum atomic E-state index is -0.587. The Morgan fingerprint density at radius 2 is 2.07 bits per heavy atom. The summed E-state index contributed by atoms with van der Waals surface area (Å²) in [6.45, 7) is 1.83. The zero-order valence-corrected chi connectivity index (χ0v) is 8.95. The van der Waals surface area contributed by atoms with Crippen LogP contribution in [0.5, 0.6) is 0 Å². The van der Waals surface area contributed by atoms with Crippen LogP contribution in [0.1, 0.15) is 19.8 Å². The first-order chi connectivity index (χ1) is 6.66. The van der Waals surface area contributed by atoms with Gasteiger partial charge in [-0.1, -0.05) is 0 Å². The van der Waals surface area contributed by atoms with Gasteiger partial charge in [-0.25, -0.2) is 0 Å². The Balaban J connectivity index is 2.13. The SMILES string of the molecule is COC(=O)CCCSC1(C)N=NN=N1. The summed E-state index contributed by atoms with van der Waals surface area (Å²) in [5.74, 6) is 0.592. The Bertz CT molecular complexity index is 254. The molecule has 1 aliphatic heterocycles.